The van der Waals surface area contributed by atoms with Crippen LogP contribution in [0, 0.1) is 6.92 Å². The number of aryl methyl sites for hydroxylation is 1. The normalized spacial score (nSPS) is 17.5. The second kappa shape index (κ2) is 6.87. The van der Waals surface area contributed by atoms with E-state index >= 15 is 0 Å². The number of aromatic nitrogens is 1. The largest absolute Gasteiger partial charge is 0.245 e. The van der Waals surface area contributed by atoms with Gasteiger partial charge in [0.1, 0.15) is 9.90 Å². The van der Waals surface area contributed by atoms with E-state index in [-0.39, 0.29) is 14.8 Å². The van der Waals surface area contributed by atoms with Crippen molar-refractivity contribution in [2.45, 2.75) is 47.9 Å². The minimum Gasteiger partial charge on any atom is -0.245 e. The smallest absolute Gasteiger partial charge is 0.242 e. The molecule has 0 bridgehead atoms. The van der Waals surface area contributed by atoms with Crippen molar-refractivity contribution in [1.29, 1.82) is 0 Å². The molecule has 6 nitrogen and oxygen atoms in total. The van der Waals surface area contributed by atoms with Gasteiger partial charge in [0.15, 0.2) is 9.84 Å². The van der Waals surface area contributed by atoms with Crippen molar-refractivity contribution >= 4 is 42.8 Å². The van der Waals surface area contributed by atoms with Crippen LogP contribution in [0.2, 0.25) is 5.02 Å². The second-order valence-corrected chi connectivity index (χ2v) is 11.5. The zero-order valence-electron chi connectivity index (χ0n) is 14.3. The van der Waals surface area contributed by atoms with Gasteiger partial charge in [-0.15, -0.1) is 11.3 Å². The SMILES string of the molecule is Cc1csc(C2(NS(=O)(=O)c3cc(S(C)(=O)=O)ccc3Cl)CCCC2)n1. The molecule has 1 aliphatic rings. The molecular weight excluding hydrogens is 416 g/mol. The van der Waals surface area contributed by atoms with Crippen LogP contribution in [-0.2, 0) is 25.4 Å². The highest BCUT2D eigenvalue weighted by atomic mass is 35.5. The van der Waals surface area contributed by atoms with Crippen LogP contribution in [0.1, 0.15) is 36.4 Å². The lowest BCUT2D eigenvalue weighted by Crippen LogP contribution is -2.43. The first-order valence-electron chi connectivity index (χ1n) is 8.00. The quantitative estimate of drug-likeness (QED) is 0.779. The second-order valence-electron chi connectivity index (χ2n) is 6.55. The molecule has 0 aliphatic heterocycles. The summed E-state index contributed by atoms with van der Waals surface area (Å²) in [4.78, 5) is 4.16. The summed E-state index contributed by atoms with van der Waals surface area (Å²) in [5.41, 5.74) is 0.0647. The third-order valence-corrected chi connectivity index (χ3v) is 8.73. The number of nitrogens with one attached hydrogen (secondary N) is 1. The number of sulfone groups is 1. The molecule has 1 aromatic heterocycles. The summed E-state index contributed by atoms with van der Waals surface area (Å²) in [6.45, 7) is 1.86. The van der Waals surface area contributed by atoms with E-state index < -0.39 is 25.4 Å². The van der Waals surface area contributed by atoms with Crippen molar-refractivity contribution in [1.82, 2.24) is 9.71 Å². The molecule has 0 unspecified atom stereocenters. The van der Waals surface area contributed by atoms with Crippen molar-refractivity contribution in [3.05, 3.63) is 39.3 Å². The fourth-order valence-electron chi connectivity index (χ4n) is 3.14. The molecule has 1 heterocycles. The molecule has 10 heteroatoms. The molecule has 0 radical (unpaired) electrons. The van der Waals surface area contributed by atoms with Gasteiger partial charge in [-0.25, -0.2) is 21.8 Å². The number of sulfonamides is 1. The summed E-state index contributed by atoms with van der Waals surface area (Å²) >= 11 is 7.51. The van der Waals surface area contributed by atoms with E-state index in [0.717, 1.165) is 35.9 Å². The van der Waals surface area contributed by atoms with Gasteiger partial charge in [0.05, 0.1) is 15.5 Å². The zero-order chi connectivity index (χ0) is 19.2. The van der Waals surface area contributed by atoms with Crippen molar-refractivity contribution in [3.63, 3.8) is 0 Å². The van der Waals surface area contributed by atoms with Crippen LogP contribution in [0.3, 0.4) is 0 Å². The van der Waals surface area contributed by atoms with E-state index in [9.17, 15) is 16.8 Å². The van der Waals surface area contributed by atoms with E-state index in [1.165, 1.54) is 23.5 Å². The topological polar surface area (TPSA) is 93.2 Å². The van der Waals surface area contributed by atoms with Crippen molar-refractivity contribution in [2.75, 3.05) is 6.26 Å². The maximum Gasteiger partial charge on any atom is 0.242 e. The predicted octanol–water partition coefficient (Wildman–Crippen LogP) is 3.26. The first-order chi connectivity index (χ1) is 12.0. The van der Waals surface area contributed by atoms with Gasteiger partial charge in [-0.05, 0) is 38.0 Å². The molecule has 1 saturated carbocycles. The first kappa shape index (κ1) is 19.8. The summed E-state index contributed by atoms with van der Waals surface area (Å²) in [6.07, 6.45) is 4.08. The third kappa shape index (κ3) is 3.82. The Balaban J connectivity index is 2.06. The van der Waals surface area contributed by atoms with E-state index in [2.05, 4.69) is 9.71 Å². The Morgan fingerprint density at radius 3 is 2.38 bits per heavy atom. The molecule has 3 rings (SSSR count). The van der Waals surface area contributed by atoms with Gasteiger partial charge >= 0.3 is 0 Å². The van der Waals surface area contributed by atoms with Crippen molar-refractivity contribution in [2.24, 2.45) is 0 Å². The number of thiazole rings is 1. The maximum absolute atomic E-state index is 13.1. The van der Waals surface area contributed by atoms with Gasteiger partial charge < -0.3 is 0 Å². The average molecular weight is 435 g/mol. The van der Waals surface area contributed by atoms with Crippen LogP contribution in [0.25, 0.3) is 0 Å². The van der Waals surface area contributed by atoms with Crippen molar-refractivity contribution < 1.29 is 16.8 Å². The molecule has 26 heavy (non-hydrogen) atoms. The molecule has 0 atom stereocenters. The number of nitrogens with zero attached hydrogens (tertiary/aromatic N) is 1. The van der Waals surface area contributed by atoms with Gasteiger partial charge in [0.2, 0.25) is 10.0 Å². The maximum atomic E-state index is 13.1. The molecule has 0 spiro atoms. The Morgan fingerprint density at radius 2 is 1.85 bits per heavy atom. The van der Waals surface area contributed by atoms with Crippen LogP contribution in [-0.4, -0.2) is 28.1 Å². The highest BCUT2D eigenvalue weighted by molar-refractivity contribution is 7.91. The molecule has 0 amide bonds. The van der Waals surface area contributed by atoms with E-state index in [4.69, 9.17) is 11.6 Å². The number of hydrogen-bond donors (Lipinski definition) is 1. The number of benzene rings is 1. The predicted molar refractivity (Wildman–Crippen MR) is 102 cm³/mol. The molecule has 1 N–H and O–H groups in total. The standard InChI is InChI=1S/C16H19ClN2O4S3/c1-11-10-24-15(18-11)16(7-3-4-8-16)19-26(22,23)14-9-12(25(2,20)21)5-6-13(14)17/h5-6,9-10,19H,3-4,7-8H2,1-2H3. The van der Waals surface area contributed by atoms with Crippen LogP contribution in [0.5, 0.6) is 0 Å². The first-order valence-corrected chi connectivity index (χ1v) is 12.6. The lowest BCUT2D eigenvalue weighted by molar-refractivity contribution is 0.402. The van der Waals surface area contributed by atoms with Crippen LogP contribution < -0.4 is 4.72 Å². The molecule has 0 saturated heterocycles. The summed E-state index contributed by atoms with van der Waals surface area (Å²) in [6, 6.07) is 3.70. The fourth-order valence-corrected chi connectivity index (χ4v) is 6.90. The molecule has 142 valence electrons. The number of hydrogen-bond acceptors (Lipinski definition) is 6. The Kier molecular flexibility index (Phi) is 5.22. The Morgan fingerprint density at radius 1 is 1.19 bits per heavy atom. The van der Waals surface area contributed by atoms with Gasteiger partial charge in [-0.2, -0.15) is 4.72 Å². The minimum absolute atomic E-state index is 0.0200. The van der Waals surface area contributed by atoms with Crippen LogP contribution in [0.15, 0.2) is 33.4 Å². The zero-order valence-corrected chi connectivity index (χ0v) is 17.5. The molecule has 1 aromatic carbocycles. The number of rotatable bonds is 5. The Labute approximate surface area is 162 Å². The van der Waals surface area contributed by atoms with Gasteiger partial charge in [0.25, 0.3) is 0 Å². The lowest BCUT2D eigenvalue weighted by Gasteiger charge is -2.28. The number of halogens is 1. The van der Waals surface area contributed by atoms with E-state index in [0.29, 0.717) is 12.8 Å². The molecule has 1 fully saturated rings. The summed E-state index contributed by atoms with van der Waals surface area (Å²) < 4.78 is 52.5. The highest BCUT2D eigenvalue weighted by Gasteiger charge is 2.42. The third-order valence-electron chi connectivity index (χ3n) is 4.44. The molecular formula is C16H19ClN2O4S3. The van der Waals surface area contributed by atoms with Crippen LogP contribution >= 0.6 is 22.9 Å². The lowest BCUT2D eigenvalue weighted by atomic mass is 10.0. The summed E-state index contributed by atoms with van der Waals surface area (Å²) in [5.74, 6) is 0. The van der Waals surface area contributed by atoms with Gasteiger partial charge in [0, 0.05) is 17.3 Å². The molecule has 1 aliphatic carbocycles. The van der Waals surface area contributed by atoms with E-state index in [1.807, 2.05) is 12.3 Å². The Hall–Kier alpha value is -1.000. The van der Waals surface area contributed by atoms with Gasteiger partial charge in [-0.1, -0.05) is 24.4 Å². The molecule has 2 aromatic rings. The minimum atomic E-state index is -4.03. The Bertz CT molecular complexity index is 1040. The van der Waals surface area contributed by atoms with Crippen molar-refractivity contribution in [3.8, 4) is 0 Å². The van der Waals surface area contributed by atoms with E-state index in [1.54, 1.807) is 0 Å². The fraction of sp³-hybridized carbons (Fsp3) is 0.438. The summed E-state index contributed by atoms with van der Waals surface area (Å²) in [7, 11) is -7.59. The summed E-state index contributed by atoms with van der Waals surface area (Å²) in [5, 5.41) is 2.60. The highest BCUT2D eigenvalue weighted by Crippen LogP contribution is 2.41. The van der Waals surface area contributed by atoms with Gasteiger partial charge in [-0.3, -0.25) is 0 Å². The van der Waals surface area contributed by atoms with Crippen LogP contribution in [0.4, 0.5) is 0 Å². The average Bonchev–Trinajstić information content (AvgIpc) is 3.16. The monoisotopic (exact) mass is 434 g/mol.